The van der Waals surface area contributed by atoms with E-state index in [0.29, 0.717) is 12.8 Å². The molecule has 2 atom stereocenters. The topological polar surface area (TPSA) is 52.7 Å². The third kappa shape index (κ3) is 2.96. The fraction of sp³-hybridized carbons (Fsp3) is 0.857. The molecule has 3 rings (SSSR count). The predicted molar refractivity (Wildman–Crippen MR) is 72.3 cm³/mol. The maximum Gasteiger partial charge on any atom is 0.471 e. The maximum atomic E-state index is 13.3. The molecule has 0 aromatic heterocycles. The Kier molecular flexibility index (Phi) is 3.82. The highest BCUT2D eigenvalue weighted by Crippen LogP contribution is 2.47. The predicted octanol–water partition coefficient (Wildman–Crippen LogP) is 1.14. The molecule has 3 aliphatic rings. The maximum absolute atomic E-state index is 13.3. The highest BCUT2D eigenvalue weighted by Gasteiger charge is 2.60. The molecule has 0 aromatic carbocycles. The fourth-order valence-corrected chi connectivity index (χ4v) is 3.52. The molecule has 3 fully saturated rings. The van der Waals surface area contributed by atoms with Gasteiger partial charge in [0.25, 0.3) is 5.92 Å². The quantitative estimate of drug-likeness (QED) is 0.718. The fourth-order valence-electron chi connectivity index (χ4n) is 3.52. The van der Waals surface area contributed by atoms with Crippen molar-refractivity contribution in [3.63, 3.8) is 0 Å². The first-order chi connectivity index (χ1) is 11.0. The first kappa shape index (κ1) is 17.4. The Morgan fingerprint density at radius 1 is 1.21 bits per heavy atom. The molecular formula is C14H18F5N3O2. The number of rotatable bonds is 1. The molecule has 0 aromatic rings. The van der Waals surface area contributed by atoms with Gasteiger partial charge in [-0.15, -0.1) is 0 Å². The van der Waals surface area contributed by atoms with Crippen LogP contribution in [0, 0.1) is 0 Å². The first-order valence-corrected chi connectivity index (χ1v) is 7.76. The Labute approximate surface area is 135 Å². The number of hydrogen-bond acceptors (Lipinski definition) is 3. The molecule has 1 aliphatic carbocycles. The second-order valence-electron chi connectivity index (χ2n) is 6.95. The van der Waals surface area contributed by atoms with Gasteiger partial charge in [0, 0.05) is 25.6 Å². The summed E-state index contributed by atoms with van der Waals surface area (Å²) in [5.74, 6) is -5.40. The number of hydrogen-bond donors (Lipinski definition) is 1. The van der Waals surface area contributed by atoms with Crippen LogP contribution in [0.15, 0.2) is 0 Å². The number of nitrogens with zero attached hydrogens (tertiary/aromatic N) is 2. The summed E-state index contributed by atoms with van der Waals surface area (Å²) >= 11 is 0. The molecule has 24 heavy (non-hydrogen) atoms. The molecule has 5 nitrogen and oxygen atoms in total. The van der Waals surface area contributed by atoms with Gasteiger partial charge in [0.15, 0.2) is 0 Å². The minimum Gasteiger partial charge on any atom is -0.334 e. The lowest BCUT2D eigenvalue weighted by atomic mass is 10.0. The van der Waals surface area contributed by atoms with Crippen LogP contribution in [0.5, 0.6) is 0 Å². The summed E-state index contributed by atoms with van der Waals surface area (Å²) in [6.07, 6.45) is -4.83. The number of nitrogens with one attached hydrogen (secondary N) is 1. The van der Waals surface area contributed by atoms with Gasteiger partial charge in [-0.3, -0.25) is 14.9 Å². The minimum atomic E-state index is -4.96. The zero-order valence-corrected chi connectivity index (χ0v) is 13.0. The van der Waals surface area contributed by atoms with E-state index in [2.05, 4.69) is 5.32 Å². The van der Waals surface area contributed by atoms with E-state index in [1.807, 2.05) is 0 Å². The lowest BCUT2D eigenvalue weighted by molar-refractivity contribution is -0.193. The van der Waals surface area contributed by atoms with Crippen LogP contribution >= 0.6 is 0 Å². The number of piperazine rings is 1. The lowest BCUT2D eigenvalue weighted by Crippen LogP contribution is -2.65. The van der Waals surface area contributed by atoms with Gasteiger partial charge in [-0.2, -0.15) is 13.2 Å². The molecule has 0 unspecified atom stereocenters. The third-order valence-corrected chi connectivity index (χ3v) is 5.02. The monoisotopic (exact) mass is 355 g/mol. The summed E-state index contributed by atoms with van der Waals surface area (Å²) in [7, 11) is 0. The van der Waals surface area contributed by atoms with Gasteiger partial charge in [0.2, 0.25) is 5.91 Å². The summed E-state index contributed by atoms with van der Waals surface area (Å²) in [6.45, 7) is 0.651. The van der Waals surface area contributed by atoms with Crippen molar-refractivity contribution in [2.24, 2.45) is 0 Å². The van der Waals surface area contributed by atoms with Gasteiger partial charge in [-0.1, -0.05) is 0 Å². The molecule has 2 amide bonds. The van der Waals surface area contributed by atoms with E-state index in [1.54, 1.807) is 0 Å². The Morgan fingerprint density at radius 2 is 1.83 bits per heavy atom. The Bertz CT molecular complexity index is 561. The van der Waals surface area contributed by atoms with Crippen LogP contribution in [0.2, 0.25) is 0 Å². The van der Waals surface area contributed by atoms with Gasteiger partial charge in [0.05, 0.1) is 18.1 Å². The smallest absolute Gasteiger partial charge is 0.334 e. The number of carbonyl (C=O) groups excluding carboxylic acids is 2. The van der Waals surface area contributed by atoms with E-state index in [1.165, 1.54) is 11.8 Å². The van der Waals surface area contributed by atoms with Crippen molar-refractivity contribution in [1.29, 1.82) is 0 Å². The van der Waals surface area contributed by atoms with Crippen molar-refractivity contribution < 1.29 is 31.5 Å². The van der Waals surface area contributed by atoms with Crippen molar-refractivity contribution in [2.75, 3.05) is 19.6 Å². The molecule has 1 saturated carbocycles. The summed E-state index contributed by atoms with van der Waals surface area (Å²) < 4.78 is 64.8. The van der Waals surface area contributed by atoms with Gasteiger partial charge < -0.3 is 9.80 Å². The Morgan fingerprint density at radius 3 is 2.29 bits per heavy atom. The van der Waals surface area contributed by atoms with Crippen molar-refractivity contribution in [1.82, 2.24) is 15.1 Å². The van der Waals surface area contributed by atoms with Crippen molar-refractivity contribution in [3.05, 3.63) is 0 Å². The second kappa shape index (κ2) is 5.27. The summed E-state index contributed by atoms with van der Waals surface area (Å²) in [5, 5.41) is 2.47. The van der Waals surface area contributed by atoms with Gasteiger partial charge in [-0.05, 0) is 19.8 Å². The standard InChI is InChI=1S/C14H18F5N3O2/c1-8-5-22(11(24)14(17,18)19)12(2-3-12)7-21(8)10(23)9-4-13(15,16)6-20-9/h8-9,20H,2-7H2,1H3/t8-,9+/m0/s1. The number of alkyl halides is 5. The Balaban J connectivity index is 1.73. The van der Waals surface area contributed by atoms with Crippen LogP contribution in [-0.2, 0) is 9.59 Å². The average Bonchev–Trinajstić information content (AvgIpc) is 3.14. The molecule has 0 bridgehead atoms. The zero-order valence-electron chi connectivity index (χ0n) is 13.0. The van der Waals surface area contributed by atoms with Crippen LogP contribution in [0.25, 0.3) is 0 Å². The second-order valence-corrected chi connectivity index (χ2v) is 6.95. The van der Waals surface area contributed by atoms with Crippen LogP contribution in [-0.4, -0.2) is 71.0 Å². The molecule has 2 aliphatic heterocycles. The van der Waals surface area contributed by atoms with E-state index in [0.717, 1.165) is 4.90 Å². The lowest BCUT2D eigenvalue weighted by Gasteiger charge is -2.46. The minimum absolute atomic E-state index is 0.0431. The molecule has 10 heteroatoms. The molecule has 2 heterocycles. The van der Waals surface area contributed by atoms with Crippen LogP contribution in [0.3, 0.4) is 0 Å². The number of carbonyl (C=O) groups is 2. The van der Waals surface area contributed by atoms with E-state index in [9.17, 15) is 31.5 Å². The van der Waals surface area contributed by atoms with Crippen molar-refractivity contribution in [2.45, 2.75) is 55.9 Å². The normalized spacial score (nSPS) is 31.4. The van der Waals surface area contributed by atoms with Gasteiger partial charge in [0.1, 0.15) is 0 Å². The highest BCUT2D eigenvalue weighted by atomic mass is 19.4. The van der Waals surface area contributed by atoms with E-state index < -0.39 is 54.5 Å². The van der Waals surface area contributed by atoms with Crippen LogP contribution in [0.4, 0.5) is 22.0 Å². The summed E-state index contributed by atoms with van der Waals surface area (Å²) in [5.41, 5.74) is -1.00. The summed E-state index contributed by atoms with van der Waals surface area (Å²) in [6, 6.07) is -1.70. The number of halogens is 5. The molecular weight excluding hydrogens is 337 g/mol. The van der Waals surface area contributed by atoms with Crippen molar-refractivity contribution in [3.8, 4) is 0 Å². The molecule has 1 N–H and O–H groups in total. The highest BCUT2D eigenvalue weighted by molar-refractivity contribution is 5.85. The molecule has 136 valence electrons. The van der Waals surface area contributed by atoms with Gasteiger partial charge >= 0.3 is 12.1 Å². The molecule has 2 saturated heterocycles. The van der Waals surface area contributed by atoms with Crippen molar-refractivity contribution >= 4 is 11.8 Å². The van der Waals surface area contributed by atoms with Gasteiger partial charge in [-0.25, -0.2) is 8.78 Å². The first-order valence-electron chi connectivity index (χ1n) is 7.76. The van der Waals surface area contributed by atoms with E-state index >= 15 is 0 Å². The zero-order chi connectivity index (χ0) is 17.9. The van der Waals surface area contributed by atoms with Crippen LogP contribution < -0.4 is 5.32 Å². The number of amides is 2. The molecule has 0 radical (unpaired) electrons. The van der Waals surface area contributed by atoms with Crippen LogP contribution in [0.1, 0.15) is 26.2 Å². The third-order valence-electron chi connectivity index (χ3n) is 5.02. The largest absolute Gasteiger partial charge is 0.471 e. The average molecular weight is 355 g/mol. The van der Waals surface area contributed by atoms with E-state index in [-0.39, 0.29) is 13.1 Å². The van der Waals surface area contributed by atoms with E-state index in [4.69, 9.17) is 0 Å². The summed E-state index contributed by atoms with van der Waals surface area (Å²) in [4.78, 5) is 26.3. The Hall–Kier alpha value is -1.45. The molecule has 1 spiro atoms. The SMILES string of the molecule is C[C@H]1CN(C(=O)C(F)(F)F)C2(CC2)CN1C(=O)[C@H]1CC(F)(F)CN1.